The van der Waals surface area contributed by atoms with Gasteiger partial charge >= 0.3 is 0 Å². The van der Waals surface area contributed by atoms with Crippen LogP contribution in [0, 0.1) is 0 Å². The van der Waals surface area contributed by atoms with Gasteiger partial charge in [0.15, 0.2) is 0 Å². The molecule has 0 spiro atoms. The predicted octanol–water partition coefficient (Wildman–Crippen LogP) is 5.22. The van der Waals surface area contributed by atoms with Gasteiger partial charge in [0.2, 0.25) is 10.5 Å². The summed E-state index contributed by atoms with van der Waals surface area (Å²) >= 11 is 0. The molecule has 1 unspecified atom stereocenters. The molecule has 0 aliphatic carbocycles. The third-order valence-corrected chi connectivity index (χ3v) is 3.98. The van der Waals surface area contributed by atoms with Crippen LogP contribution in [0.25, 0.3) is 0 Å². The largest absolute Gasteiger partial charge is 0.412 e. The van der Waals surface area contributed by atoms with E-state index in [0.29, 0.717) is 0 Å². The van der Waals surface area contributed by atoms with Crippen molar-refractivity contribution in [3.63, 3.8) is 0 Å². The first-order chi connectivity index (χ1) is 9.12. The molecule has 111 valence electrons. The highest BCUT2D eigenvalue weighted by Gasteiger charge is 2.29. The summed E-state index contributed by atoms with van der Waals surface area (Å²) in [7, 11) is 3.28. The van der Waals surface area contributed by atoms with Crippen LogP contribution in [0.2, 0.25) is 0 Å². The molecule has 0 aliphatic heterocycles. The Hall–Kier alpha value is -0.603. The number of rotatable bonds is 4. The molecule has 1 aromatic rings. The van der Waals surface area contributed by atoms with Gasteiger partial charge in [-0.15, -0.1) is 0 Å². The van der Waals surface area contributed by atoms with Crippen molar-refractivity contribution in [3.05, 3.63) is 34.9 Å². The minimum atomic E-state index is 0.107. The fraction of sp³-hybridized carbons (Fsp3) is 0.667. The highest BCUT2D eigenvalue weighted by molar-refractivity contribution is 5.98. The smallest absolute Gasteiger partial charge is 0.247 e. The minimum Gasteiger partial charge on any atom is -0.412 e. The van der Waals surface area contributed by atoms with Gasteiger partial charge in [-0.25, -0.2) is 0 Å². The molecular weight excluding hydrogens is 260 g/mol. The van der Waals surface area contributed by atoms with Gasteiger partial charge in [0.25, 0.3) is 0 Å². The normalized spacial score (nSPS) is 14.4. The Kier molecular flexibility index (Phi) is 5.62. The Bertz CT molecular complexity index is 438. The number of hydrogen-bond donors (Lipinski definition) is 0. The van der Waals surface area contributed by atoms with Gasteiger partial charge in [-0.3, -0.25) is 0 Å². The summed E-state index contributed by atoms with van der Waals surface area (Å²) in [6.45, 7) is 15.9. The van der Waals surface area contributed by atoms with Crippen LogP contribution in [0.4, 0.5) is 0 Å². The summed E-state index contributed by atoms with van der Waals surface area (Å²) in [4.78, 5) is 0. The van der Waals surface area contributed by atoms with Gasteiger partial charge in [-0.05, 0) is 33.9 Å². The van der Waals surface area contributed by atoms with Crippen molar-refractivity contribution in [1.29, 1.82) is 0 Å². The van der Waals surface area contributed by atoms with Gasteiger partial charge in [0.1, 0.15) is 0 Å². The van der Waals surface area contributed by atoms with Crippen molar-refractivity contribution in [2.45, 2.75) is 78.2 Å². The van der Waals surface area contributed by atoms with Crippen molar-refractivity contribution < 1.29 is 4.43 Å². The predicted molar refractivity (Wildman–Crippen MR) is 88.3 cm³/mol. The lowest BCUT2D eigenvalue weighted by molar-refractivity contribution is 0.210. The van der Waals surface area contributed by atoms with Crippen LogP contribution in [0.3, 0.4) is 0 Å². The average molecular weight is 290 g/mol. The first kappa shape index (κ1) is 17.4. The van der Waals surface area contributed by atoms with Crippen molar-refractivity contribution in [3.8, 4) is 0 Å². The Morgan fingerprint density at radius 1 is 1.05 bits per heavy atom. The first-order valence-electron chi connectivity index (χ1n) is 7.59. The zero-order valence-corrected chi connectivity index (χ0v) is 15.1. The summed E-state index contributed by atoms with van der Waals surface area (Å²) < 4.78 is 5.59. The van der Waals surface area contributed by atoms with E-state index >= 15 is 0 Å². The molecule has 2 heteroatoms. The van der Waals surface area contributed by atoms with E-state index in [0.717, 1.165) is 12.8 Å². The molecule has 0 N–H and O–H groups in total. The third-order valence-electron chi connectivity index (χ3n) is 3.69. The summed E-state index contributed by atoms with van der Waals surface area (Å²) in [6.07, 6.45) is 2.26. The first-order valence-corrected chi connectivity index (χ1v) is 8.00. The maximum absolute atomic E-state index is 5.59. The fourth-order valence-corrected chi connectivity index (χ4v) is 3.09. The summed E-state index contributed by atoms with van der Waals surface area (Å²) in [5, 5.41) is 0. The Morgan fingerprint density at radius 3 is 2.05 bits per heavy atom. The molecule has 3 radical (unpaired) electrons. The zero-order valence-electron chi connectivity index (χ0n) is 14.1. The second kappa shape index (κ2) is 6.44. The molecule has 0 aromatic heterocycles. The molecule has 1 nitrogen and oxygen atoms in total. The molecule has 0 saturated heterocycles. The number of benzene rings is 1. The molecule has 20 heavy (non-hydrogen) atoms. The maximum Gasteiger partial charge on any atom is 0.247 e. The van der Waals surface area contributed by atoms with E-state index in [1.54, 1.807) is 0 Å². The van der Waals surface area contributed by atoms with Crippen LogP contribution in [0.15, 0.2) is 18.2 Å². The lowest BCUT2D eigenvalue weighted by atomic mass is 9.72. The number of hydrogen-bond acceptors (Lipinski definition) is 1. The van der Waals surface area contributed by atoms with Crippen LogP contribution < -0.4 is 0 Å². The van der Waals surface area contributed by atoms with E-state index in [9.17, 15) is 0 Å². The monoisotopic (exact) mass is 289 g/mol. The van der Waals surface area contributed by atoms with Crippen molar-refractivity contribution in [2.75, 3.05) is 0 Å². The molecule has 0 amide bonds. The van der Waals surface area contributed by atoms with Crippen LogP contribution in [0.5, 0.6) is 0 Å². The van der Waals surface area contributed by atoms with E-state index < -0.39 is 0 Å². The second-order valence-electron chi connectivity index (χ2n) is 7.66. The quantitative estimate of drug-likeness (QED) is 0.690. The summed E-state index contributed by atoms with van der Waals surface area (Å²) in [5.74, 6) is 0. The van der Waals surface area contributed by atoms with Gasteiger partial charge in [0, 0.05) is 0 Å². The summed E-state index contributed by atoms with van der Waals surface area (Å²) in [5.41, 5.74) is 4.43. The lowest BCUT2D eigenvalue weighted by Gasteiger charge is -2.34. The van der Waals surface area contributed by atoms with Gasteiger partial charge in [-0.2, -0.15) is 0 Å². The standard InChI is InChI=1S/C18H29OSi/c1-8-10-15(19-20)13-11-9-12-14(17(2,3)4)16(13)18(5,6)7/h9,11-12,15H,8,10H2,1-7H3. The topological polar surface area (TPSA) is 9.23 Å². The molecular formula is C18H29OSi. The van der Waals surface area contributed by atoms with Gasteiger partial charge in [0.05, 0.1) is 6.10 Å². The van der Waals surface area contributed by atoms with Crippen LogP contribution >= 0.6 is 0 Å². The molecule has 1 aromatic carbocycles. The molecule has 1 rings (SSSR count). The fourth-order valence-electron chi connectivity index (χ4n) is 2.84. The lowest BCUT2D eigenvalue weighted by Crippen LogP contribution is -2.25. The van der Waals surface area contributed by atoms with Crippen molar-refractivity contribution in [2.24, 2.45) is 0 Å². The Labute approximate surface area is 128 Å². The van der Waals surface area contributed by atoms with E-state index in [-0.39, 0.29) is 16.9 Å². The Morgan fingerprint density at radius 2 is 1.65 bits per heavy atom. The minimum absolute atomic E-state index is 0.107. The SMILES string of the molecule is CCCC(O[Si])c1cccc(C(C)(C)C)c1C(C)(C)C. The molecule has 0 bridgehead atoms. The van der Waals surface area contributed by atoms with E-state index in [4.69, 9.17) is 4.43 Å². The molecule has 1 atom stereocenters. The maximum atomic E-state index is 5.59. The van der Waals surface area contributed by atoms with E-state index in [1.165, 1.54) is 16.7 Å². The third kappa shape index (κ3) is 3.95. The Balaban J connectivity index is 3.52. The molecule has 0 fully saturated rings. The van der Waals surface area contributed by atoms with E-state index in [2.05, 4.69) is 77.2 Å². The second-order valence-corrected chi connectivity index (χ2v) is 7.90. The molecule has 0 heterocycles. The highest BCUT2D eigenvalue weighted by Crippen LogP contribution is 2.39. The zero-order chi connectivity index (χ0) is 15.6. The van der Waals surface area contributed by atoms with Crippen LogP contribution in [-0.4, -0.2) is 10.5 Å². The van der Waals surface area contributed by atoms with Crippen molar-refractivity contribution >= 4 is 10.5 Å². The summed E-state index contributed by atoms with van der Waals surface area (Å²) in [6, 6.07) is 6.65. The van der Waals surface area contributed by atoms with E-state index in [1.807, 2.05) is 0 Å². The van der Waals surface area contributed by atoms with Gasteiger partial charge < -0.3 is 4.43 Å². The van der Waals surface area contributed by atoms with Crippen LogP contribution in [0.1, 0.15) is 84.1 Å². The highest BCUT2D eigenvalue weighted by atomic mass is 28.2. The molecule has 0 saturated carbocycles. The average Bonchev–Trinajstić information content (AvgIpc) is 2.33. The van der Waals surface area contributed by atoms with Crippen LogP contribution in [-0.2, 0) is 15.3 Å². The molecule has 0 aliphatic rings. The van der Waals surface area contributed by atoms with Gasteiger partial charge in [-0.1, -0.05) is 73.1 Å². The van der Waals surface area contributed by atoms with Crippen molar-refractivity contribution in [1.82, 2.24) is 0 Å².